The second kappa shape index (κ2) is 5.16. The lowest BCUT2D eigenvalue weighted by Gasteiger charge is -2.09. The summed E-state index contributed by atoms with van der Waals surface area (Å²) in [6, 6.07) is 8.67. The number of aromatic carboxylic acids is 1. The number of rotatable bonds is 3. The number of nitrogen functional groups attached to an aromatic ring is 1. The zero-order chi connectivity index (χ0) is 14.0. The van der Waals surface area contributed by atoms with Gasteiger partial charge in [-0.15, -0.1) is 0 Å². The van der Waals surface area contributed by atoms with Gasteiger partial charge in [-0.05, 0) is 36.4 Å². The summed E-state index contributed by atoms with van der Waals surface area (Å²) in [7, 11) is 0. The summed E-state index contributed by atoms with van der Waals surface area (Å²) >= 11 is 5.58. The maximum atomic E-state index is 13.3. The fraction of sp³-hybridized carbons (Fsp3) is 0. The fourth-order valence-corrected chi connectivity index (χ4v) is 1.69. The zero-order valence-electron chi connectivity index (χ0n) is 9.65. The molecule has 19 heavy (non-hydrogen) atoms. The third-order valence-electron chi connectivity index (χ3n) is 2.49. The maximum absolute atomic E-state index is 13.3. The van der Waals surface area contributed by atoms with Crippen LogP contribution >= 0.6 is 11.6 Å². The summed E-state index contributed by atoms with van der Waals surface area (Å²) < 4.78 is 13.3. The standard InChI is InChI=1S/C13H10ClFN2O2/c14-10-4-2-7(5-11(10)15)17-8-1-3-9(13(18)19)12(16)6-8/h1-6,17H,16H2,(H,18,19). The van der Waals surface area contributed by atoms with Crippen molar-refractivity contribution in [2.24, 2.45) is 0 Å². The molecule has 0 heterocycles. The molecule has 0 aromatic heterocycles. The molecular weight excluding hydrogens is 271 g/mol. The third-order valence-corrected chi connectivity index (χ3v) is 2.80. The number of nitrogens with two attached hydrogens (primary N) is 1. The van der Waals surface area contributed by atoms with Crippen molar-refractivity contribution in [1.82, 2.24) is 0 Å². The van der Waals surface area contributed by atoms with Crippen molar-refractivity contribution in [3.05, 3.63) is 52.8 Å². The minimum Gasteiger partial charge on any atom is -0.478 e. The Balaban J connectivity index is 2.26. The van der Waals surface area contributed by atoms with Crippen LogP contribution in [0.25, 0.3) is 0 Å². The van der Waals surface area contributed by atoms with Gasteiger partial charge in [-0.25, -0.2) is 9.18 Å². The highest BCUT2D eigenvalue weighted by atomic mass is 35.5. The van der Waals surface area contributed by atoms with Gasteiger partial charge in [0.05, 0.1) is 10.6 Å². The van der Waals surface area contributed by atoms with Gasteiger partial charge in [0.15, 0.2) is 0 Å². The van der Waals surface area contributed by atoms with Crippen LogP contribution in [0.15, 0.2) is 36.4 Å². The molecule has 2 aromatic carbocycles. The quantitative estimate of drug-likeness (QED) is 0.752. The van der Waals surface area contributed by atoms with E-state index in [9.17, 15) is 9.18 Å². The summed E-state index contributed by atoms with van der Waals surface area (Å²) in [4.78, 5) is 10.8. The van der Waals surface area contributed by atoms with E-state index in [2.05, 4.69) is 5.32 Å². The molecular formula is C13H10ClFN2O2. The molecule has 0 aliphatic carbocycles. The first-order valence-corrected chi connectivity index (χ1v) is 5.70. The van der Waals surface area contributed by atoms with Crippen LogP contribution in [0.5, 0.6) is 0 Å². The molecule has 98 valence electrons. The molecule has 0 saturated carbocycles. The van der Waals surface area contributed by atoms with Crippen LogP contribution in [0.4, 0.5) is 21.5 Å². The van der Waals surface area contributed by atoms with Crippen LogP contribution in [0.3, 0.4) is 0 Å². The second-order valence-corrected chi connectivity index (χ2v) is 4.27. The van der Waals surface area contributed by atoms with E-state index < -0.39 is 11.8 Å². The number of hydrogen-bond acceptors (Lipinski definition) is 3. The first-order valence-electron chi connectivity index (χ1n) is 5.32. The molecule has 0 radical (unpaired) electrons. The van der Waals surface area contributed by atoms with E-state index in [0.717, 1.165) is 0 Å². The highest BCUT2D eigenvalue weighted by Gasteiger charge is 2.08. The smallest absolute Gasteiger partial charge is 0.337 e. The van der Waals surface area contributed by atoms with E-state index in [1.807, 2.05) is 0 Å². The van der Waals surface area contributed by atoms with Gasteiger partial charge in [0.2, 0.25) is 0 Å². The first kappa shape index (κ1) is 13.2. The number of hydrogen-bond donors (Lipinski definition) is 3. The lowest BCUT2D eigenvalue weighted by atomic mass is 10.1. The summed E-state index contributed by atoms with van der Waals surface area (Å²) in [5.74, 6) is -1.64. The van der Waals surface area contributed by atoms with Crippen molar-refractivity contribution in [1.29, 1.82) is 0 Å². The topological polar surface area (TPSA) is 75.3 Å². The monoisotopic (exact) mass is 280 g/mol. The average molecular weight is 281 g/mol. The van der Waals surface area contributed by atoms with Crippen LogP contribution in [0, 0.1) is 5.82 Å². The molecule has 2 aromatic rings. The van der Waals surface area contributed by atoms with Gasteiger partial charge >= 0.3 is 5.97 Å². The summed E-state index contributed by atoms with van der Waals surface area (Å²) in [6.07, 6.45) is 0. The molecule has 0 bridgehead atoms. The maximum Gasteiger partial charge on any atom is 0.337 e. The van der Waals surface area contributed by atoms with E-state index >= 15 is 0 Å². The van der Waals surface area contributed by atoms with Crippen molar-refractivity contribution >= 4 is 34.6 Å². The van der Waals surface area contributed by atoms with Crippen LogP contribution < -0.4 is 11.1 Å². The number of benzene rings is 2. The predicted molar refractivity (Wildman–Crippen MR) is 72.5 cm³/mol. The van der Waals surface area contributed by atoms with E-state index in [0.29, 0.717) is 11.4 Å². The molecule has 0 aliphatic heterocycles. The predicted octanol–water partition coefficient (Wildman–Crippen LogP) is 3.50. The van der Waals surface area contributed by atoms with Crippen LogP contribution in [0.1, 0.15) is 10.4 Å². The molecule has 2 rings (SSSR count). The van der Waals surface area contributed by atoms with Gasteiger partial charge in [-0.3, -0.25) is 0 Å². The van der Waals surface area contributed by atoms with E-state index in [1.165, 1.54) is 24.3 Å². The number of nitrogens with one attached hydrogen (secondary N) is 1. The Morgan fingerprint density at radius 1 is 1.21 bits per heavy atom. The normalized spacial score (nSPS) is 10.2. The molecule has 0 amide bonds. The minimum absolute atomic E-state index is 0.0211. The van der Waals surface area contributed by atoms with Crippen LogP contribution in [0.2, 0.25) is 5.02 Å². The molecule has 0 spiro atoms. The SMILES string of the molecule is Nc1cc(Nc2ccc(Cl)c(F)c2)ccc1C(=O)O. The number of halogens is 2. The van der Waals surface area contributed by atoms with Crippen molar-refractivity contribution in [3.63, 3.8) is 0 Å². The highest BCUT2D eigenvalue weighted by Crippen LogP contribution is 2.24. The number of anilines is 3. The molecule has 0 atom stereocenters. The Hall–Kier alpha value is -2.27. The lowest BCUT2D eigenvalue weighted by Crippen LogP contribution is -2.03. The molecule has 6 heteroatoms. The lowest BCUT2D eigenvalue weighted by molar-refractivity contribution is 0.0698. The Labute approximate surface area is 113 Å². The van der Waals surface area contributed by atoms with Gasteiger partial charge in [-0.2, -0.15) is 0 Å². The van der Waals surface area contributed by atoms with Gasteiger partial charge in [0.25, 0.3) is 0 Å². The molecule has 0 unspecified atom stereocenters. The van der Waals surface area contributed by atoms with E-state index in [-0.39, 0.29) is 16.3 Å². The van der Waals surface area contributed by atoms with Gasteiger partial charge < -0.3 is 16.2 Å². The summed E-state index contributed by atoms with van der Waals surface area (Å²) in [6.45, 7) is 0. The second-order valence-electron chi connectivity index (χ2n) is 3.86. The van der Waals surface area contributed by atoms with Crippen molar-refractivity contribution < 1.29 is 14.3 Å². The van der Waals surface area contributed by atoms with Gasteiger partial charge in [0.1, 0.15) is 5.82 Å². The largest absolute Gasteiger partial charge is 0.478 e. The van der Waals surface area contributed by atoms with Crippen LogP contribution in [-0.2, 0) is 0 Å². The zero-order valence-corrected chi connectivity index (χ0v) is 10.4. The fourth-order valence-electron chi connectivity index (χ4n) is 1.58. The Bertz CT molecular complexity index is 647. The van der Waals surface area contributed by atoms with E-state index in [4.69, 9.17) is 22.4 Å². The first-order chi connectivity index (χ1) is 8.97. The number of carbonyl (C=O) groups is 1. The summed E-state index contributed by atoms with van der Waals surface area (Å²) in [5.41, 5.74) is 6.82. The number of carboxylic acid groups (broad SMARTS) is 1. The van der Waals surface area contributed by atoms with Crippen molar-refractivity contribution in [2.45, 2.75) is 0 Å². The molecule has 0 aliphatic rings. The highest BCUT2D eigenvalue weighted by molar-refractivity contribution is 6.30. The molecule has 4 nitrogen and oxygen atoms in total. The van der Waals surface area contributed by atoms with Crippen molar-refractivity contribution in [2.75, 3.05) is 11.1 Å². The molecule has 4 N–H and O–H groups in total. The molecule has 0 saturated heterocycles. The average Bonchev–Trinajstić information content (AvgIpc) is 2.33. The summed E-state index contributed by atoms with van der Waals surface area (Å²) in [5, 5.41) is 11.8. The van der Waals surface area contributed by atoms with Gasteiger partial charge in [-0.1, -0.05) is 11.6 Å². The molecule has 0 fully saturated rings. The Morgan fingerprint density at radius 2 is 1.84 bits per heavy atom. The Morgan fingerprint density at radius 3 is 2.42 bits per heavy atom. The number of carboxylic acids is 1. The van der Waals surface area contributed by atoms with Gasteiger partial charge in [0, 0.05) is 17.1 Å². The van der Waals surface area contributed by atoms with E-state index in [1.54, 1.807) is 12.1 Å². The Kier molecular flexibility index (Phi) is 3.57. The minimum atomic E-state index is -1.10. The van der Waals surface area contributed by atoms with Crippen LogP contribution in [-0.4, -0.2) is 11.1 Å². The van der Waals surface area contributed by atoms with Crippen molar-refractivity contribution in [3.8, 4) is 0 Å². The third kappa shape index (κ3) is 2.95.